The molecule has 8 aromatic rings. The number of amides is 12. The van der Waals surface area contributed by atoms with Crippen LogP contribution in [-0.4, -0.2) is 114 Å². The van der Waals surface area contributed by atoms with Crippen LogP contribution in [0.4, 0.5) is 57.9 Å². The third kappa shape index (κ3) is 30.3. The van der Waals surface area contributed by atoms with E-state index < -0.39 is 35.4 Å². The SMILES string of the molecule is CC(C)(C)CC(=O)Nc1cccc(NC(=O)c2cc(NC(=O)CCCCCNC(=O)c3ccnc(-c4cc(C(=O)NCCCCCC(=O)Nc5cc(C(=O)Nc6cccc(NC(=O)CC(C)(C)C)n6)cc(C(=O)Nc6cccc(NC(=O)CC(C)(C)C)n6)c5)ccn4)c3)cc(C(=O)Nc3cccc(NC(=O)CC(C)(C)C)n3)c2)n1. The number of unbranched alkanes of at least 4 members (excludes halogenated alkanes) is 4. The Morgan fingerprint density at radius 3 is 0.772 bits per heavy atom. The number of pyridine rings is 6. The van der Waals surface area contributed by atoms with E-state index in [0.29, 0.717) is 61.0 Å². The van der Waals surface area contributed by atoms with E-state index in [4.69, 9.17) is 0 Å². The van der Waals surface area contributed by atoms with Crippen LogP contribution < -0.4 is 63.8 Å². The smallest absolute Gasteiger partial charge is 0.256 e. The van der Waals surface area contributed by atoms with Gasteiger partial charge in [0.15, 0.2) is 0 Å². The molecule has 8 rings (SSSR count). The number of aromatic nitrogens is 6. The minimum Gasteiger partial charge on any atom is -0.352 e. The van der Waals surface area contributed by atoms with E-state index in [0.717, 1.165) is 0 Å². The van der Waals surface area contributed by atoms with Gasteiger partial charge in [0.2, 0.25) is 35.4 Å². The molecule has 0 fully saturated rings. The molecule has 0 aliphatic heterocycles. The van der Waals surface area contributed by atoms with E-state index in [2.05, 4.69) is 93.7 Å². The highest BCUT2D eigenvalue weighted by molar-refractivity contribution is 6.12. The Morgan fingerprint density at radius 1 is 0.263 bits per heavy atom. The quantitative estimate of drug-likeness (QED) is 0.0170. The van der Waals surface area contributed by atoms with Gasteiger partial charge in [-0.25, -0.2) is 19.9 Å². The van der Waals surface area contributed by atoms with Gasteiger partial charge in [-0.05, 0) is 157 Å². The van der Waals surface area contributed by atoms with Crippen LogP contribution >= 0.6 is 0 Å². The molecule has 6 aromatic heterocycles. The third-order valence-electron chi connectivity index (χ3n) is 16.3. The molecule has 2 aromatic carbocycles. The lowest BCUT2D eigenvalue weighted by Crippen LogP contribution is -2.25. The lowest BCUT2D eigenvalue weighted by molar-refractivity contribution is -0.118. The monoisotopic (exact) mass is 1550 g/mol. The number of hydrogen-bond acceptors (Lipinski definition) is 18. The van der Waals surface area contributed by atoms with Gasteiger partial charge in [-0.1, -0.05) is 120 Å². The van der Waals surface area contributed by atoms with Crippen molar-refractivity contribution in [1.29, 1.82) is 0 Å². The number of carbonyl (C=O) groups is 12. The molecule has 0 saturated carbocycles. The zero-order valence-electron chi connectivity index (χ0n) is 66.3. The maximum absolute atomic E-state index is 13.9. The highest BCUT2D eigenvalue weighted by Crippen LogP contribution is 2.28. The molecule has 0 spiro atoms. The van der Waals surface area contributed by atoms with Gasteiger partial charge in [0, 0.05) is 109 Å². The minimum absolute atomic E-state index is 0.0103. The molecule has 0 bridgehead atoms. The van der Waals surface area contributed by atoms with E-state index in [1.807, 2.05) is 83.1 Å². The van der Waals surface area contributed by atoms with Crippen molar-refractivity contribution in [3.8, 4) is 11.4 Å². The largest absolute Gasteiger partial charge is 0.352 e. The number of carbonyl (C=O) groups excluding carboxylic acids is 12. The van der Waals surface area contributed by atoms with Gasteiger partial charge in [0.1, 0.15) is 46.5 Å². The summed E-state index contributed by atoms with van der Waals surface area (Å²) in [7, 11) is 0. The van der Waals surface area contributed by atoms with Gasteiger partial charge in [-0.15, -0.1) is 0 Å². The molecule has 12 N–H and O–H groups in total. The fourth-order valence-electron chi connectivity index (χ4n) is 11.3. The van der Waals surface area contributed by atoms with E-state index in [-0.39, 0.29) is 189 Å². The normalized spacial score (nSPS) is 11.4. The van der Waals surface area contributed by atoms with E-state index >= 15 is 0 Å². The summed E-state index contributed by atoms with van der Waals surface area (Å²) in [6.07, 6.45) is 6.88. The first-order valence-electron chi connectivity index (χ1n) is 37.5. The van der Waals surface area contributed by atoms with Crippen LogP contribution in [0.2, 0.25) is 0 Å². The van der Waals surface area contributed by atoms with Gasteiger partial charge in [0.05, 0.1) is 11.4 Å². The van der Waals surface area contributed by atoms with Gasteiger partial charge in [-0.2, -0.15) is 0 Å². The summed E-state index contributed by atoms with van der Waals surface area (Å²) in [6, 6.07) is 33.4. The average Bonchev–Trinajstić information content (AvgIpc) is 0.795. The zero-order valence-corrected chi connectivity index (χ0v) is 66.3. The summed E-state index contributed by atoms with van der Waals surface area (Å²) in [5, 5.41) is 33.2. The number of hydrogen-bond donors (Lipinski definition) is 12. The number of nitrogens with one attached hydrogen (secondary N) is 12. The second-order valence-electron chi connectivity index (χ2n) is 32.3. The van der Waals surface area contributed by atoms with Crippen LogP contribution in [0.5, 0.6) is 0 Å². The van der Waals surface area contributed by atoms with Gasteiger partial charge < -0.3 is 63.8 Å². The molecule has 0 radical (unpaired) electrons. The predicted molar refractivity (Wildman–Crippen MR) is 439 cm³/mol. The molecule has 6 heterocycles. The van der Waals surface area contributed by atoms with Crippen molar-refractivity contribution in [2.75, 3.05) is 66.3 Å². The summed E-state index contributed by atoms with van der Waals surface area (Å²) >= 11 is 0. The van der Waals surface area contributed by atoms with Crippen molar-refractivity contribution in [1.82, 2.24) is 40.5 Å². The van der Waals surface area contributed by atoms with Crippen molar-refractivity contribution < 1.29 is 57.5 Å². The van der Waals surface area contributed by atoms with Crippen LogP contribution in [0.25, 0.3) is 11.4 Å². The highest BCUT2D eigenvalue weighted by atomic mass is 16.2. The van der Waals surface area contributed by atoms with Gasteiger partial charge >= 0.3 is 0 Å². The molecule has 114 heavy (non-hydrogen) atoms. The van der Waals surface area contributed by atoms with E-state index in [1.54, 1.807) is 72.8 Å². The van der Waals surface area contributed by atoms with Crippen molar-refractivity contribution in [2.45, 2.75) is 160 Å². The van der Waals surface area contributed by atoms with Crippen molar-refractivity contribution in [3.63, 3.8) is 0 Å². The third-order valence-corrected chi connectivity index (χ3v) is 16.3. The lowest BCUT2D eigenvalue weighted by Gasteiger charge is -2.17. The second-order valence-corrected chi connectivity index (χ2v) is 32.3. The van der Waals surface area contributed by atoms with Crippen LogP contribution in [0.3, 0.4) is 0 Å². The van der Waals surface area contributed by atoms with E-state index in [9.17, 15) is 57.5 Å². The molecule has 30 nitrogen and oxygen atoms in total. The summed E-state index contributed by atoms with van der Waals surface area (Å²) in [5.41, 5.74) is 0.370. The molecule has 0 aliphatic carbocycles. The minimum atomic E-state index is -0.675. The Balaban J connectivity index is 0.804. The molecule has 30 heteroatoms. The first-order valence-corrected chi connectivity index (χ1v) is 37.5. The molecular weight excluding hydrogens is 1450 g/mol. The zero-order chi connectivity index (χ0) is 82.9. The Labute approximate surface area is 662 Å². The molecule has 598 valence electrons. The predicted octanol–water partition coefficient (Wildman–Crippen LogP) is 14.1. The Hall–Kier alpha value is -13.0. The maximum Gasteiger partial charge on any atom is 0.256 e. The average molecular weight is 1550 g/mol. The summed E-state index contributed by atoms with van der Waals surface area (Å²) < 4.78 is 0. The first kappa shape index (κ1) is 86.6. The number of anilines is 10. The van der Waals surface area contributed by atoms with Crippen LogP contribution in [0.15, 0.2) is 146 Å². The number of nitrogens with zero attached hydrogens (tertiary/aromatic N) is 6. The molecule has 0 saturated heterocycles. The van der Waals surface area contributed by atoms with E-state index in [1.165, 1.54) is 73.1 Å². The van der Waals surface area contributed by atoms with Gasteiger partial charge in [0.25, 0.3) is 35.4 Å². The van der Waals surface area contributed by atoms with Crippen LogP contribution in [0.1, 0.15) is 222 Å². The van der Waals surface area contributed by atoms with Crippen molar-refractivity contribution in [2.24, 2.45) is 21.7 Å². The lowest BCUT2D eigenvalue weighted by atomic mass is 9.92. The van der Waals surface area contributed by atoms with Crippen LogP contribution in [-0.2, 0) is 28.8 Å². The molecule has 0 unspecified atom stereocenters. The van der Waals surface area contributed by atoms with Crippen LogP contribution in [0, 0.1) is 21.7 Å². The molecule has 12 amide bonds. The summed E-state index contributed by atoms with van der Waals surface area (Å²) in [4.78, 5) is 186. The summed E-state index contributed by atoms with van der Waals surface area (Å²) in [6.45, 7) is 23.7. The Bertz CT molecular complexity index is 4370. The Morgan fingerprint density at radius 2 is 0.518 bits per heavy atom. The standard InChI is InChI=1S/C84H100N18O12/c1-81(2,3)47-71(105)95-61-23-19-27-65(91-61)99-77(111)53-39-54(78(112)100-66-28-20-24-62(92-66)96-72(106)48-82(4,5)6)42-57(41-53)89-69(103)31-15-13-17-35-87-75(109)51-33-37-85-59(45-51)60-46-52(34-38-86-60)76(110)88-36-18-14-16-32-70(104)90-58-43-55(79(113)101-67-29-21-25-63(93-67)97-73(107)49-83(7,8)9)40-56(44-58)80(114)102-68-30-22-26-64(94-68)98-74(108)50-84(10,11)12/h19-30,33-34,37-46H,13-18,31-32,35-36,47-50H2,1-12H3,(H,87,109)(H,88,110)(H,89,103)(H,90,104)(H2,91,95,99,105,111)(H2,92,96,100,106,112)(H2,93,97,101,107,113)(H2,94,98,102,108,114). The first-order chi connectivity index (χ1) is 53.8. The van der Waals surface area contributed by atoms with Crippen molar-refractivity contribution in [3.05, 3.63) is 179 Å². The van der Waals surface area contributed by atoms with Crippen molar-refractivity contribution >= 4 is 129 Å². The molecule has 0 aliphatic rings. The van der Waals surface area contributed by atoms with Gasteiger partial charge in [-0.3, -0.25) is 67.5 Å². The topological polar surface area (TPSA) is 427 Å². The fourth-order valence-corrected chi connectivity index (χ4v) is 11.3. The number of rotatable bonds is 33. The Kier molecular flexibility index (Phi) is 30.2. The number of benzene rings is 2. The molecule has 0 atom stereocenters. The second kappa shape index (κ2) is 39.7. The molecular formula is C84H100N18O12. The summed E-state index contributed by atoms with van der Waals surface area (Å²) in [5.74, 6) is -4.03. The fraction of sp³-hybridized carbons (Fsp3) is 0.357. The highest BCUT2D eigenvalue weighted by Gasteiger charge is 2.24. The maximum atomic E-state index is 13.9.